The molecule has 2 aliphatic rings. The van der Waals surface area contributed by atoms with Gasteiger partial charge >= 0.3 is 6.09 Å². The number of thiophene rings is 1. The minimum atomic E-state index is -1.21. The molecule has 1 N–H and O–H groups in total. The predicted octanol–water partition coefficient (Wildman–Crippen LogP) is 5.83. The van der Waals surface area contributed by atoms with Gasteiger partial charge in [-0.3, -0.25) is 9.69 Å². The average Bonchev–Trinajstić information content (AvgIpc) is 3.44. The Bertz CT molecular complexity index is 1370. The maximum Gasteiger partial charge on any atom is 0.412 e. The van der Waals surface area contributed by atoms with Gasteiger partial charge in [0.1, 0.15) is 11.6 Å². The van der Waals surface area contributed by atoms with Crippen LogP contribution in [0, 0.1) is 22.6 Å². The Kier molecular flexibility index (Phi) is 6.80. The number of likely N-dealkylation sites (tertiary alicyclic amines) is 1. The molecule has 190 valence electrons. The molecule has 1 aromatic heterocycles. The van der Waals surface area contributed by atoms with E-state index in [1.54, 1.807) is 29.2 Å². The fraction of sp³-hybridized carbons (Fsp3) is 0.296. The van der Waals surface area contributed by atoms with Crippen molar-refractivity contribution in [3.8, 4) is 22.9 Å². The number of carboxylic acid groups (broad SMARTS) is 1. The van der Waals surface area contributed by atoms with Gasteiger partial charge in [-0.2, -0.15) is 16.6 Å². The molecule has 2 aromatic carbocycles. The van der Waals surface area contributed by atoms with Crippen molar-refractivity contribution in [2.75, 3.05) is 24.5 Å². The van der Waals surface area contributed by atoms with E-state index < -0.39 is 17.6 Å². The average molecular weight is 540 g/mol. The summed E-state index contributed by atoms with van der Waals surface area (Å²) in [6.45, 7) is 0.521. The molecule has 1 unspecified atom stereocenters. The van der Waals surface area contributed by atoms with Crippen LogP contribution in [0.1, 0.15) is 18.4 Å². The minimum Gasteiger partial charge on any atom is -0.476 e. The lowest BCUT2D eigenvalue weighted by Gasteiger charge is -2.40. The van der Waals surface area contributed by atoms with Crippen molar-refractivity contribution in [3.63, 3.8) is 0 Å². The van der Waals surface area contributed by atoms with Crippen LogP contribution in [-0.2, 0) is 11.2 Å². The van der Waals surface area contributed by atoms with Gasteiger partial charge < -0.3 is 14.7 Å². The van der Waals surface area contributed by atoms with Crippen molar-refractivity contribution < 1.29 is 23.8 Å². The first kappa shape index (κ1) is 25.1. The van der Waals surface area contributed by atoms with Gasteiger partial charge in [-0.25, -0.2) is 9.18 Å². The molecule has 10 heteroatoms. The Balaban J connectivity index is 1.33. The molecule has 0 bridgehead atoms. The van der Waals surface area contributed by atoms with E-state index in [-0.39, 0.29) is 24.0 Å². The van der Waals surface area contributed by atoms with Crippen LogP contribution in [0.2, 0.25) is 5.02 Å². The molecule has 0 radical (unpaired) electrons. The fourth-order valence-corrected chi connectivity index (χ4v) is 5.85. The first-order valence-corrected chi connectivity index (χ1v) is 13.1. The van der Waals surface area contributed by atoms with Gasteiger partial charge in [0.15, 0.2) is 6.10 Å². The van der Waals surface area contributed by atoms with Crippen molar-refractivity contribution in [1.82, 2.24) is 4.90 Å². The van der Waals surface area contributed by atoms with Crippen LogP contribution in [0.15, 0.2) is 53.2 Å². The second-order valence-corrected chi connectivity index (χ2v) is 10.5. The number of anilines is 1. The number of rotatable bonds is 4. The zero-order valence-electron chi connectivity index (χ0n) is 19.7. The minimum absolute atomic E-state index is 0.162. The summed E-state index contributed by atoms with van der Waals surface area (Å²) in [5.74, 6) is -0.376. The maximum absolute atomic E-state index is 13.4. The van der Waals surface area contributed by atoms with Crippen LogP contribution in [-0.4, -0.2) is 47.7 Å². The smallest absolute Gasteiger partial charge is 0.412 e. The lowest BCUT2D eigenvalue weighted by molar-refractivity contribution is -0.140. The van der Waals surface area contributed by atoms with Crippen LogP contribution >= 0.6 is 22.9 Å². The molecule has 3 aromatic rings. The molecule has 0 aliphatic carbocycles. The lowest BCUT2D eigenvalue weighted by atomic mass is 9.75. The molecule has 0 spiro atoms. The second-order valence-electron chi connectivity index (χ2n) is 9.33. The first-order valence-electron chi connectivity index (χ1n) is 11.8. The van der Waals surface area contributed by atoms with E-state index in [0.717, 1.165) is 16.0 Å². The predicted molar refractivity (Wildman–Crippen MR) is 139 cm³/mol. The number of carbonyl (C=O) groups is 2. The van der Waals surface area contributed by atoms with Gasteiger partial charge in [0.25, 0.3) is 5.91 Å². The third-order valence-corrected chi connectivity index (χ3v) is 8.02. The Morgan fingerprint density at radius 3 is 2.57 bits per heavy atom. The van der Waals surface area contributed by atoms with Gasteiger partial charge in [-0.15, -0.1) is 0 Å². The summed E-state index contributed by atoms with van der Waals surface area (Å²) in [7, 11) is 0. The maximum atomic E-state index is 13.4. The van der Waals surface area contributed by atoms with Crippen molar-refractivity contribution in [2.45, 2.75) is 25.4 Å². The molecule has 1 atom stereocenters. The van der Waals surface area contributed by atoms with Gasteiger partial charge in [-0.1, -0.05) is 23.7 Å². The highest BCUT2D eigenvalue weighted by Crippen LogP contribution is 2.42. The molecule has 0 saturated carbocycles. The normalized spacial score (nSPS) is 18.5. The number of hydrogen-bond donors (Lipinski definition) is 1. The Morgan fingerprint density at radius 1 is 1.22 bits per heavy atom. The zero-order valence-corrected chi connectivity index (χ0v) is 21.3. The molecule has 2 aliphatic heterocycles. The summed E-state index contributed by atoms with van der Waals surface area (Å²) < 4.78 is 19.3. The van der Waals surface area contributed by atoms with E-state index in [4.69, 9.17) is 16.3 Å². The number of hydrogen-bond acceptors (Lipinski definition) is 5. The molecule has 1 fully saturated rings. The van der Waals surface area contributed by atoms with Crippen molar-refractivity contribution in [2.24, 2.45) is 5.41 Å². The summed E-state index contributed by atoms with van der Waals surface area (Å²) >= 11 is 7.97. The topological polar surface area (TPSA) is 93.9 Å². The Labute approximate surface area is 222 Å². The van der Waals surface area contributed by atoms with Crippen LogP contribution in [0.3, 0.4) is 0 Å². The quantitative estimate of drug-likeness (QED) is 0.450. The van der Waals surface area contributed by atoms with Crippen LogP contribution < -0.4 is 9.64 Å². The van der Waals surface area contributed by atoms with E-state index >= 15 is 0 Å². The second kappa shape index (κ2) is 10.0. The van der Waals surface area contributed by atoms with E-state index in [0.29, 0.717) is 48.6 Å². The Hall–Kier alpha value is -3.61. The van der Waals surface area contributed by atoms with Gasteiger partial charge in [0, 0.05) is 18.7 Å². The van der Waals surface area contributed by atoms with E-state index in [2.05, 4.69) is 6.07 Å². The zero-order chi connectivity index (χ0) is 26.2. The number of fused-ring (bicyclic) bond motifs is 1. The van der Waals surface area contributed by atoms with Gasteiger partial charge in [0.2, 0.25) is 0 Å². The number of halogens is 2. The standard InChI is InChI=1S/C27H23ClFN3O4S/c28-21-12-22-23(11-20(21)18-5-10-37-15-18)36-24(14-32(22)26(34)35)25(33)31-8-6-27(16-30,7-9-31)13-17-1-3-19(29)4-2-17/h1-5,10-12,15,24H,6-9,13-14H2,(H,34,35). The third-order valence-electron chi connectivity index (χ3n) is 7.02. The highest BCUT2D eigenvalue weighted by atomic mass is 35.5. The van der Waals surface area contributed by atoms with Crippen molar-refractivity contribution >= 4 is 40.6 Å². The Morgan fingerprint density at radius 2 is 1.95 bits per heavy atom. The molecule has 1 saturated heterocycles. The monoisotopic (exact) mass is 539 g/mol. The molecule has 2 amide bonds. The number of piperidine rings is 1. The number of nitrogens with zero attached hydrogens (tertiary/aromatic N) is 3. The molecule has 7 nitrogen and oxygen atoms in total. The number of benzene rings is 2. The van der Waals surface area contributed by atoms with Gasteiger partial charge in [-0.05, 0) is 71.5 Å². The van der Waals surface area contributed by atoms with Crippen LogP contribution in [0.25, 0.3) is 11.1 Å². The van der Waals surface area contributed by atoms with Crippen LogP contribution in [0.4, 0.5) is 14.9 Å². The lowest BCUT2D eigenvalue weighted by Crippen LogP contribution is -2.54. The molecular weight excluding hydrogens is 517 g/mol. The highest BCUT2D eigenvalue weighted by Gasteiger charge is 2.41. The molecular formula is C27H23ClFN3O4S. The molecule has 5 rings (SSSR count). The fourth-order valence-electron chi connectivity index (χ4n) is 4.93. The number of amides is 2. The van der Waals surface area contributed by atoms with E-state index in [9.17, 15) is 24.3 Å². The summed E-state index contributed by atoms with van der Waals surface area (Å²) in [6.07, 6.45) is -0.847. The number of carbonyl (C=O) groups excluding carboxylic acids is 1. The van der Waals surface area contributed by atoms with Crippen molar-refractivity contribution in [3.05, 3.63) is 69.6 Å². The van der Waals surface area contributed by atoms with Crippen molar-refractivity contribution in [1.29, 1.82) is 5.26 Å². The SMILES string of the molecule is N#CC1(Cc2ccc(F)cc2)CCN(C(=O)C2CN(C(=O)O)c3cc(Cl)c(-c4ccsc4)cc3O2)CC1. The summed E-state index contributed by atoms with van der Waals surface area (Å²) in [5, 5.41) is 24.0. The van der Waals surface area contributed by atoms with E-state index in [1.807, 2.05) is 16.8 Å². The first-order chi connectivity index (χ1) is 17.8. The highest BCUT2D eigenvalue weighted by molar-refractivity contribution is 7.08. The number of ether oxygens (including phenoxy) is 1. The van der Waals surface area contributed by atoms with Crippen LogP contribution in [0.5, 0.6) is 5.75 Å². The van der Waals surface area contributed by atoms with E-state index in [1.165, 1.54) is 23.5 Å². The number of nitriles is 1. The summed E-state index contributed by atoms with van der Waals surface area (Å²) in [6, 6.07) is 13.7. The van der Waals surface area contributed by atoms with Gasteiger partial charge in [0.05, 0.1) is 28.7 Å². The summed E-state index contributed by atoms with van der Waals surface area (Å²) in [5.41, 5.74) is 2.07. The largest absolute Gasteiger partial charge is 0.476 e. The molecule has 3 heterocycles. The summed E-state index contributed by atoms with van der Waals surface area (Å²) in [4.78, 5) is 28.2. The molecule has 37 heavy (non-hydrogen) atoms. The third kappa shape index (κ3) is 4.99.